The fourth-order valence-electron chi connectivity index (χ4n) is 1.86. The Hall–Kier alpha value is -1.52. The van der Waals surface area contributed by atoms with Gasteiger partial charge in [-0.2, -0.15) is 8.78 Å². The molecule has 0 spiro atoms. The maximum absolute atomic E-state index is 12.3. The van der Waals surface area contributed by atoms with Gasteiger partial charge in [-0.3, -0.25) is 0 Å². The summed E-state index contributed by atoms with van der Waals surface area (Å²) in [5, 5.41) is 3.21. The first-order valence-electron chi connectivity index (χ1n) is 6.43. The van der Waals surface area contributed by atoms with Gasteiger partial charge in [0, 0.05) is 18.3 Å². The molecule has 1 atom stereocenters. The Kier molecular flexibility index (Phi) is 6.39. The van der Waals surface area contributed by atoms with Crippen LogP contribution in [0.4, 0.5) is 14.5 Å². The molecule has 3 nitrogen and oxygen atoms in total. The number of hydrogen-bond acceptors (Lipinski definition) is 3. The summed E-state index contributed by atoms with van der Waals surface area (Å²) in [7, 11) is 1.42. The Morgan fingerprint density at radius 3 is 2.58 bits per heavy atom. The Labute approximate surface area is 112 Å². The lowest BCUT2D eigenvalue weighted by Crippen LogP contribution is -2.11. The van der Waals surface area contributed by atoms with Gasteiger partial charge in [-0.1, -0.05) is 20.3 Å². The molecule has 19 heavy (non-hydrogen) atoms. The van der Waals surface area contributed by atoms with Crippen LogP contribution in [0.3, 0.4) is 0 Å². The van der Waals surface area contributed by atoms with E-state index < -0.39 is 6.61 Å². The first-order chi connectivity index (χ1) is 9.06. The number of methoxy groups -OCH3 is 1. The van der Waals surface area contributed by atoms with Crippen LogP contribution in [0.25, 0.3) is 0 Å². The van der Waals surface area contributed by atoms with Crippen molar-refractivity contribution in [2.75, 3.05) is 19.0 Å². The number of benzene rings is 1. The van der Waals surface area contributed by atoms with Crippen LogP contribution in [0.15, 0.2) is 18.2 Å². The van der Waals surface area contributed by atoms with Gasteiger partial charge >= 0.3 is 6.61 Å². The van der Waals surface area contributed by atoms with E-state index in [9.17, 15) is 8.78 Å². The number of halogens is 2. The zero-order chi connectivity index (χ0) is 14.3. The molecule has 0 radical (unpaired) electrons. The van der Waals surface area contributed by atoms with Crippen LogP contribution in [0.5, 0.6) is 11.5 Å². The number of anilines is 1. The predicted octanol–water partition coefficient (Wildman–Crippen LogP) is 4.14. The van der Waals surface area contributed by atoms with Gasteiger partial charge in [0.2, 0.25) is 0 Å². The first kappa shape index (κ1) is 15.5. The van der Waals surface area contributed by atoms with Crippen molar-refractivity contribution in [3.05, 3.63) is 18.2 Å². The highest BCUT2D eigenvalue weighted by atomic mass is 19.3. The maximum atomic E-state index is 12.3. The third kappa shape index (κ3) is 5.32. The van der Waals surface area contributed by atoms with Gasteiger partial charge in [-0.05, 0) is 24.5 Å². The molecule has 1 aromatic rings. The second-order valence-electron chi connectivity index (χ2n) is 4.52. The normalized spacial score (nSPS) is 12.3. The molecule has 0 saturated carbocycles. The Morgan fingerprint density at radius 1 is 1.26 bits per heavy atom. The summed E-state index contributed by atoms with van der Waals surface area (Å²) >= 11 is 0. The molecule has 1 rings (SSSR count). The van der Waals surface area contributed by atoms with E-state index in [-0.39, 0.29) is 5.75 Å². The van der Waals surface area contributed by atoms with Crippen LogP contribution in [-0.4, -0.2) is 20.3 Å². The van der Waals surface area contributed by atoms with Crippen molar-refractivity contribution in [1.82, 2.24) is 0 Å². The van der Waals surface area contributed by atoms with Crippen molar-refractivity contribution >= 4 is 5.69 Å². The molecule has 0 heterocycles. The van der Waals surface area contributed by atoms with E-state index in [4.69, 9.17) is 4.74 Å². The predicted molar refractivity (Wildman–Crippen MR) is 72.2 cm³/mol. The summed E-state index contributed by atoms with van der Waals surface area (Å²) in [5.74, 6) is 0.879. The van der Waals surface area contributed by atoms with Gasteiger partial charge < -0.3 is 14.8 Å². The average Bonchev–Trinajstić information content (AvgIpc) is 2.36. The number of nitrogens with one attached hydrogen (secondary N) is 1. The van der Waals surface area contributed by atoms with Gasteiger partial charge in [-0.15, -0.1) is 0 Å². The molecule has 0 amide bonds. The Bertz CT molecular complexity index is 386. The minimum absolute atomic E-state index is 0.0469. The third-order valence-electron chi connectivity index (χ3n) is 2.82. The quantitative estimate of drug-likeness (QED) is 0.772. The molecule has 1 unspecified atom stereocenters. The highest BCUT2D eigenvalue weighted by Crippen LogP contribution is 2.31. The second kappa shape index (κ2) is 7.81. The maximum Gasteiger partial charge on any atom is 0.387 e. The molecule has 0 saturated heterocycles. The lowest BCUT2D eigenvalue weighted by atomic mass is 10.1. The van der Waals surface area contributed by atoms with Crippen molar-refractivity contribution in [3.8, 4) is 11.5 Å². The third-order valence-corrected chi connectivity index (χ3v) is 2.82. The van der Waals surface area contributed by atoms with Crippen LogP contribution < -0.4 is 14.8 Å². The van der Waals surface area contributed by atoms with Crippen molar-refractivity contribution in [3.63, 3.8) is 0 Å². The summed E-state index contributed by atoms with van der Waals surface area (Å²) in [6, 6.07) is 4.93. The number of alkyl halides is 2. The molecule has 1 aromatic carbocycles. The molecular weight excluding hydrogens is 252 g/mol. The molecule has 0 aliphatic heterocycles. The first-order valence-corrected chi connectivity index (χ1v) is 6.43. The van der Waals surface area contributed by atoms with Crippen molar-refractivity contribution in [2.24, 2.45) is 5.92 Å². The van der Waals surface area contributed by atoms with E-state index in [2.05, 4.69) is 23.9 Å². The Morgan fingerprint density at radius 2 is 2.00 bits per heavy atom. The number of rotatable bonds is 8. The highest BCUT2D eigenvalue weighted by Gasteiger charge is 2.11. The van der Waals surface area contributed by atoms with Crippen LogP contribution in [0.2, 0.25) is 0 Å². The zero-order valence-electron chi connectivity index (χ0n) is 11.6. The van der Waals surface area contributed by atoms with Crippen LogP contribution in [0.1, 0.15) is 26.7 Å². The lowest BCUT2D eigenvalue weighted by Gasteiger charge is -2.15. The molecule has 0 aromatic heterocycles. The van der Waals surface area contributed by atoms with Crippen molar-refractivity contribution in [1.29, 1.82) is 0 Å². The Balaban J connectivity index is 2.69. The van der Waals surface area contributed by atoms with Crippen molar-refractivity contribution in [2.45, 2.75) is 33.3 Å². The lowest BCUT2D eigenvalue weighted by molar-refractivity contribution is -0.0511. The summed E-state index contributed by atoms with van der Waals surface area (Å²) in [6.45, 7) is 2.23. The van der Waals surface area contributed by atoms with Crippen LogP contribution >= 0.6 is 0 Å². The molecular formula is C14H21F2NO2. The molecule has 0 aliphatic rings. The van der Waals surface area contributed by atoms with E-state index in [0.29, 0.717) is 11.7 Å². The molecule has 0 fully saturated rings. The topological polar surface area (TPSA) is 30.5 Å². The molecule has 0 aliphatic carbocycles. The van der Waals surface area contributed by atoms with Crippen LogP contribution in [0, 0.1) is 5.92 Å². The number of ether oxygens (including phenoxy) is 2. The minimum Gasteiger partial charge on any atom is -0.493 e. The van der Waals surface area contributed by atoms with Gasteiger partial charge in [-0.25, -0.2) is 0 Å². The van der Waals surface area contributed by atoms with Gasteiger partial charge in [0.1, 0.15) is 0 Å². The smallest absolute Gasteiger partial charge is 0.387 e. The van der Waals surface area contributed by atoms with Gasteiger partial charge in [0.15, 0.2) is 11.5 Å². The summed E-state index contributed by atoms with van der Waals surface area (Å²) in [6.07, 6.45) is 2.26. The molecule has 0 bridgehead atoms. The summed E-state index contributed by atoms with van der Waals surface area (Å²) < 4.78 is 34.0. The molecule has 1 N–H and O–H groups in total. The minimum atomic E-state index is -2.86. The van der Waals surface area contributed by atoms with E-state index >= 15 is 0 Å². The largest absolute Gasteiger partial charge is 0.493 e. The average molecular weight is 273 g/mol. The molecule has 108 valence electrons. The van der Waals surface area contributed by atoms with E-state index in [1.807, 2.05) is 0 Å². The zero-order valence-corrected chi connectivity index (χ0v) is 11.6. The highest BCUT2D eigenvalue weighted by molar-refractivity contribution is 5.54. The van der Waals surface area contributed by atoms with E-state index in [1.165, 1.54) is 13.2 Å². The monoisotopic (exact) mass is 273 g/mol. The van der Waals surface area contributed by atoms with Crippen molar-refractivity contribution < 1.29 is 18.3 Å². The molecule has 5 heteroatoms. The standard InChI is InChI=1S/C14H21F2NO2/c1-4-5-10(2)9-17-11-6-7-12(18-3)13(8-11)19-14(15)16/h6-8,10,14,17H,4-5,9H2,1-3H3. The van der Waals surface area contributed by atoms with E-state index in [0.717, 1.165) is 25.1 Å². The van der Waals surface area contributed by atoms with Gasteiger partial charge in [0.25, 0.3) is 0 Å². The summed E-state index contributed by atoms with van der Waals surface area (Å²) in [5.41, 5.74) is 0.749. The van der Waals surface area contributed by atoms with Gasteiger partial charge in [0.05, 0.1) is 7.11 Å². The fourth-order valence-corrected chi connectivity index (χ4v) is 1.86. The second-order valence-corrected chi connectivity index (χ2v) is 4.52. The number of hydrogen-bond donors (Lipinski definition) is 1. The van der Waals surface area contributed by atoms with E-state index in [1.54, 1.807) is 12.1 Å². The SMILES string of the molecule is CCCC(C)CNc1ccc(OC)c(OC(F)F)c1. The van der Waals surface area contributed by atoms with Crippen LogP contribution in [-0.2, 0) is 0 Å². The summed E-state index contributed by atoms with van der Waals surface area (Å²) in [4.78, 5) is 0. The fraction of sp³-hybridized carbons (Fsp3) is 0.571.